The van der Waals surface area contributed by atoms with Crippen LogP contribution in [0.5, 0.6) is 0 Å². The minimum atomic E-state index is -0.887. The Kier molecular flexibility index (Phi) is 6.96. The number of anilines is 3. The second-order valence-electron chi connectivity index (χ2n) is 8.65. The van der Waals surface area contributed by atoms with Gasteiger partial charge in [-0.05, 0) is 12.1 Å². The molecule has 3 heterocycles. The molecular formula is C24H24F2N6O6. The Balaban J connectivity index is 1.23. The predicted octanol–water partition coefficient (Wildman–Crippen LogP) is 2.85. The molecule has 2 fully saturated rings. The number of hydrogen-bond acceptors (Lipinski definition) is 8. The van der Waals surface area contributed by atoms with Gasteiger partial charge in [-0.3, -0.25) is 19.8 Å². The molecule has 200 valence electrons. The van der Waals surface area contributed by atoms with Crippen LogP contribution in [0.3, 0.4) is 0 Å². The fourth-order valence-corrected chi connectivity index (χ4v) is 4.22. The first-order valence-corrected chi connectivity index (χ1v) is 11.8. The first kappa shape index (κ1) is 25.2. The Bertz CT molecular complexity index is 1330. The number of fused-ring (bicyclic) bond motifs is 1. The SMILES string of the molecule is CC(=O)NC[C@H]1CN(c2cc(F)c(N3CCON(C(=O)Nc4nc5ccccc5o4)CC3)c(F)c2)C(=O)O1. The van der Waals surface area contributed by atoms with E-state index < -0.39 is 29.9 Å². The molecule has 0 radical (unpaired) electrons. The molecule has 0 spiro atoms. The van der Waals surface area contributed by atoms with Gasteiger partial charge in [0.15, 0.2) is 17.2 Å². The molecule has 12 nitrogen and oxygen atoms in total. The van der Waals surface area contributed by atoms with Gasteiger partial charge >= 0.3 is 18.1 Å². The number of rotatable bonds is 5. The first-order valence-electron chi connectivity index (χ1n) is 11.8. The summed E-state index contributed by atoms with van der Waals surface area (Å²) in [5.41, 5.74) is 0.765. The molecule has 2 aliphatic rings. The molecule has 0 aliphatic carbocycles. The molecule has 38 heavy (non-hydrogen) atoms. The molecule has 3 aromatic rings. The number of carbonyl (C=O) groups excluding carboxylic acids is 3. The normalized spacial score (nSPS) is 17.9. The van der Waals surface area contributed by atoms with E-state index in [9.17, 15) is 14.4 Å². The van der Waals surface area contributed by atoms with Crippen molar-refractivity contribution in [3.8, 4) is 0 Å². The summed E-state index contributed by atoms with van der Waals surface area (Å²) in [5.74, 6) is -2.06. The summed E-state index contributed by atoms with van der Waals surface area (Å²) in [4.78, 5) is 48.2. The van der Waals surface area contributed by atoms with Gasteiger partial charge < -0.3 is 19.4 Å². The zero-order chi connectivity index (χ0) is 26.8. The lowest BCUT2D eigenvalue weighted by molar-refractivity contribution is -0.119. The van der Waals surface area contributed by atoms with Crippen molar-refractivity contribution in [3.63, 3.8) is 0 Å². The number of halogens is 2. The van der Waals surface area contributed by atoms with E-state index in [0.717, 1.165) is 22.1 Å². The van der Waals surface area contributed by atoms with Gasteiger partial charge in [-0.1, -0.05) is 12.1 Å². The zero-order valence-corrected chi connectivity index (χ0v) is 20.3. The molecule has 4 amide bonds. The number of cyclic esters (lactones) is 1. The number of ether oxygens (including phenoxy) is 1. The summed E-state index contributed by atoms with van der Waals surface area (Å²) in [6.07, 6.45) is -1.41. The summed E-state index contributed by atoms with van der Waals surface area (Å²) in [7, 11) is 0. The Hall–Kier alpha value is -4.46. The van der Waals surface area contributed by atoms with Crippen molar-refractivity contribution in [1.82, 2.24) is 15.4 Å². The van der Waals surface area contributed by atoms with E-state index in [1.807, 2.05) is 0 Å². The van der Waals surface area contributed by atoms with Crippen molar-refractivity contribution >= 4 is 46.5 Å². The third-order valence-corrected chi connectivity index (χ3v) is 6.00. The van der Waals surface area contributed by atoms with Crippen molar-refractivity contribution in [2.24, 2.45) is 0 Å². The van der Waals surface area contributed by atoms with Crippen LogP contribution >= 0.6 is 0 Å². The molecule has 2 aliphatic heterocycles. The van der Waals surface area contributed by atoms with E-state index in [-0.39, 0.29) is 62.6 Å². The van der Waals surface area contributed by atoms with Gasteiger partial charge in [-0.2, -0.15) is 4.98 Å². The van der Waals surface area contributed by atoms with Gasteiger partial charge in [0.25, 0.3) is 0 Å². The van der Waals surface area contributed by atoms with Crippen molar-refractivity contribution in [3.05, 3.63) is 48.0 Å². The lowest BCUT2D eigenvalue weighted by Crippen LogP contribution is -2.37. The molecular weight excluding hydrogens is 506 g/mol. The molecule has 14 heteroatoms. The average molecular weight is 530 g/mol. The molecule has 2 N–H and O–H groups in total. The maximum Gasteiger partial charge on any atom is 0.414 e. The van der Waals surface area contributed by atoms with Crippen LogP contribution in [0.15, 0.2) is 40.8 Å². The van der Waals surface area contributed by atoms with Crippen LogP contribution in [0, 0.1) is 11.6 Å². The number of urea groups is 1. The molecule has 0 unspecified atom stereocenters. The summed E-state index contributed by atoms with van der Waals surface area (Å²) in [6.45, 7) is 1.59. The highest BCUT2D eigenvalue weighted by Gasteiger charge is 2.34. The third-order valence-electron chi connectivity index (χ3n) is 6.00. The number of oxazole rings is 1. The summed E-state index contributed by atoms with van der Waals surface area (Å²) in [6, 6.07) is 8.45. The molecule has 1 atom stereocenters. The number of nitrogens with one attached hydrogen (secondary N) is 2. The Morgan fingerprint density at radius 2 is 1.89 bits per heavy atom. The van der Waals surface area contributed by atoms with E-state index in [4.69, 9.17) is 14.0 Å². The number of hydrogen-bond donors (Lipinski definition) is 2. The number of amides is 4. The fourth-order valence-electron chi connectivity index (χ4n) is 4.22. The quantitative estimate of drug-likeness (QED) is 0.515. The lowest BCUT2D eigenvalue weighted by Gasteiger charge is -2.24. The van der Waals surface area contributed by atoms with E-state index in [1.54, 1.807) is 24.3 Å². The summed E-state index contributed by atoms with van der Waals surface area (Å²) >= 11 is 0. The van der Waals surface area contributed by atoms with Crippen molar-refractivity contribution < 1.29 is 37.2 Å². The second-order valence-corrected chi connectivity index (χ2v) is 8.65. The molecule has 0 saturated carbocycles. The highest BCUT2D eigenvalue weighted by molar-refractivity contribution is 5.90. The van der Waals surface area contributed by atoms with E-state index in [0.29, 0.717) is 11.1 Å². The molecule has 2 aromatic carbocycles. The maximum absolute atomic E-state index is 15.1. The molecule has 2 saturated heterocycles. The Morgan fingerprint density at radius 1 is 1.13 bits per heavy atom. The second kappa shape index (κ2) is 10.5. The smallest absolute Gasteiger partial charge is 0.414 e. The largest absolute Gasteiger partial charge is 0.442 e. The highest BCUT2D eigenvalue weighted by Crippen LogP contribution is 2.31. The van der Waals surface area contributed by atoms with E-state index >= 15 is 8.78 Å². The predicted molar refractivity (Wildman–Crippen MR) is 131 cm³/mol. The van der Waals surface area contributed by atoms with E-state index in [2.05, 4.69) is 15.6 Å². The third kappa shape index (κ3) is 5.29. The summed E-state index contributed by atoms with van der Waals surface area (Å²) in [5, 5.41) is 6.09. The van der Waals surface area contributed by atoms with Crippen LogP contribution < -0.4 is 20.4 Å². The zero-order valence-electron chi connectivity index (χ0n) is 20.3. The molecule has 5 rings (SSSR count). The van der Waals surface area contributed by atoms with E-state index in [1.165, 1.54) is 11.8 Å². The van der Waals surface area contributed by atoms with Crippen molar-refractivity contribution in [2.75, 3.05) is 54.4 Å². The van der Waals surface area contributed by atoms with Crippen LogP contribution in [-0.2, 0) is 14.4 Å². The minimum absolute atomic E-state index is 0.00400. The van der Waals surface area contributed by atoms with Gasteiger partial charge in [0.1, 0.15) is 17.3 Å². The average Bonchev–Trinajstić information content (AvgIpc) is 3.36. The van der Waals surface area contributed by atoms with Crippen LogP contribution in [0.1, 0.15) is 6.92 Å². The lowest BCUT2D eigenvalue weighted by atomic mass is 10.2. The topological polar surface area (TPSA) is 129 Å². The van der Waals surface area contributed by atoms with Gasteiger partial charge in [0, 0.05) is 32.1 Å². The number of hydroxylamine groups is 2. The molecule has 1 aromatic heterocycles. The number of benzene rings is 2. The summed E-state index contributed by atoms with van der Waals surface area (Å²) < 4.78 is 40.9. The van der Waals surface area contributed by atoms with Crippen LogP contribution in [-0.4, -0.2) is 73.5 Å². The standard InChI is InChI=1S/C24H24F2N6O6/c1-14(33)27-12-16-13-31(24(35)37-16)15-10-17(25)21(18(26)11-15)30-6-7-32(36-9-8-30)23(34)29-22-28-19-4-2-3-5-20(19)38-22/h2-5,10-11,16H,6-9,12-13H2,1H3,(H,27,33)(H,28,29,34)/t16-/m0/s1. The monoisotopic (exact) mass is 530 g/mol. The van der Waals surface area contributed by atoms with Crippen molar-refractivity contribution in [2.45, 2.75) is 13.0 Å². The Morgan fingerprint density at radius 3 is 2.63 bits per heavy atom. The van der Waals surface area contributed by atoms with Crippen LogP contribution in [0.25, 0.3) is 11.1 Å². The van der Waals surface area contributed by atoms with Crippen molar-refractivity contribution in [1.29, 1.82) is 0 Å². The van der Waals surface area contributed by atoms with Gasteiger partial charge in [0.05, 0.1) is 31.9 Å². The highest BCUT2D eigenvalue weighted by atomic mass is 19.1. The number of carbonyl (C=O) groups is 3. The Labute approximate surface area is 215 Å². The number of aromatic nitrogens is 1. The minimum Gasteiger partial charge on any atom is -0.442 e. The first-order chi connectivity index (χ1) is 18.3. The van der Waals surface area contributed by atoms with Gasteiger partial charge in [-0.15, -0.1) is 0 Å². The maximum atomic E-state index is 15.1. The van der Waals surface area contributed by atoms with Gasteiger partial charge in [-0.25, -0.2) is 23.4 Å². The van der Waals surface area contributed by atoms with Crippen LogP contribution in [0.4, 0.5) is 35.8 Å². The number of para-hydroxylation sites is 2. The fraction of sp³-hybridized carbons (Fsp3) is 0.333. The number of nitrogens with zero attached hydrogens (tertiary/aromatic N) is 4. The van der Waals surface area contributed by atoms with Crippen LogP contribution in [0.2, 0.25) is 0 Å². The molecule has 0 bridgehead atoms. The van der Waals surface area contributed by atoms with Gasteiger partial charge in [0.2, 0.25) is 5.91 Å².